The molecule has 116 valence electrons. The van der Waals surface area contributed by atoms with Crippen molar-refractivity contribution in [2.75, 3.05) is 27.2 Å². The van der Waals surface area contributed by atoms with Gasteiger partial charge in [0.1, 0.15) is 5.60 Å². The van der Waals surface area contributed by atoms with Crippen molar-refractivity contribution in [2.24, 2.45) is 4.99 Å². The van der Waals surface area contributed by atoms with Crippen molar-refractivity contribution < 1.29 is 9.53 Å². The smallest absolute Gasteiger partial charge is 0.407 e. The molecule has 7 heteroatoms. The molecular formula is C13H26N4O2S. The van der Waals surface area contributed by atoms with Crippen LogP contribution >= 0.6 is 12.2 Å². The van der Waals surface area contributed by atoms with Gasteiger partial charge in [-0.1, -0.05) is 0 Å². The number of hydrogen-bond acceptors (Lipinski definition) is 3. The standard InChI is InChI=1S/C13H26N4O2S/c1-13(2,3)19-12(18)15-9-7-6-8-14-11(20)16-10-17(4)5/h10H,6-9H2,1-5H3,(H,14,20)(H,15,18)/b16-10+. The largest absolute Gasteiger partial charge is 0.444 e. The van der Waals surface area contributed by atoms with Crippen molar-refractivity contribution in [1.82, 2.24) is 15.5 Å². The lowest BCUT2D eigenvalue weighted by atomic mass is 10.2. The SMILES string of the molecule is CN(C)/C=N/C(=S)NCCCCNC(=O)OC(C)(C)C. The Kier molecular flexibility index (Phi) is 8.87. The van der Waals surface area contributed by atoms with Gasteiger partial charge in [0.2, 0.25) is 0 Å². The first-order chi connectivity index (χ1) is 9.20. The summed E-state index contributed by atoms with van der Waals surface area (Å²) in [5.74, 6) is 0. The van der Waals surface area contributed by atoms with Crippen molar-refractivity contribution in [2.45, 2.75) is 39.2 Å². The molecule has 0 unspecified atom stereocenters. The maximum Gasteiger partial charge on any atom is 0.407 e. The van der Waals surface area contributed by atoms with Crippen molar-refractivity contribution in [3.05, 3.63) is 0 Å². The van der Waals surface area contributed by atoms with Crippen molar-refractivity contribution in [3.63, 3.8) is 0 Å². The normalized spacial score (nSPS) is 11.2. The van der Waals surface area contributed by atoms with E-state index in [1.165, 1.54) is 0 Å². The molecule has 0 radical (unpaired) electrons. The highest BCUT2D eigenvalue weighted by Crippen LogP contribution is 2.06. The Labute approximate surface area is 127 Å². The minimum absolute atomic E-state index is 0.378. The quantitative estimate of drug-likeness (QED) is 0.339. The van der Waals surface area contributed by atoms with E-state index in [1.54, 1.807) is 6.34 Å². The van der Waals surface area contributed by atoms with Gasteiger partial charge in [0, 0.05) is 27.2 Å². The molecule has 20 heavy (non-hydrogen) atoms. The van der Waals surface area contributed by atoms with Gasteiger partial charge in [-0.25, -0.2) is 9.79 Å². The van der Waals surface area contributed by atoms with Gasteiger partial charge in [0.25, 0.3) is 0 Å². The number of thiocarbonyl (C=S) groups is 1. The molecule has 0 aromatic heterocycles. The van der Waals surface area contributed by atoms with E-state index in [-0.39, 0.29) is 6.09 Å². The number of unbranched alkanes of at least 4 members (excludes halogenated alkanes) is 1. The predicted octanol–water partition coefficient (Wildman–Crippen LogP) is 1.76. The zero-order valence-corrected chi connectivity index (χ0v) is 13.8. The summed E-state index contributed by atoms with van der Waals surface area (Å²) < 4.78 is 5.13. The van der Waals surface area contributed by atoms with Gasteiger partial charge >= 0.3 is 6.09 Å². The molecule has 0 fully saturated rings. The zero-order valence-electron chi connectivity index (χ0n) is 13.0. The first-order valence-electron chi connectivity index (χ1n) is 6.66. The molecular weight excluding hydrogens is 276 g/mol. The van der Waals surface area contributed by atoms with Crippen molar-refractivity contribution in [3.8, 4) is 0 Å². The average molecular weight is 302 g/mol. The van der Waals surface area contributed by atoms with Crippen LogP contribution in [0, 0.1) is 0 Å². The van der Waals surface area contributed by atoms with Crippen LogP contribution in [0.3, 0.4) is 0 Å². The van der Waals surface area contributed by atoms with Gasteiger partial charge in [-0.3, -0.25) is 0 Å². The molecule has 0 rings (SSSR count). The van der Waals surface area contributed by atoms with Crippen LogP contribution < -0.4 is 10.6 Å². The minimum atomic E-state index is -0.456. The molecule has 0 aromatic carbocycles. The minimum Gasteiger partial charge on any atom is -0.444 e. The van der Waals surface area contributed by atoms with Gasteiger partial charge in [-0.2, -0.15) is 0 Å². The lowest BCUT2D eigenvalue weighted by Gasteiger charge is -2.19. The Bertz CT molecular complexity index is 338. The second-order valence-corrected chi connectivity index (χ2v) is 5.96. The van der Waals surface area contributed by atoms with Crippen LogP contribution in [-0.2, 0) is 4.74 Å². The average Bonchev–Trinajstić information content (AvgIpc) is 2.28. The highest BCUT2D eigenvalue weighted by atomic mass is 32.1. The Morgan fingerprint density at radius 3 is 2.30 bits per heavy atom. The first kappa shape index (κ1) is 18.6. The van der Waals surface area contributed by atoms with E-state index in [9.17, 15) is 4.79 Å². The fourth-order valence-corrected chi connectivity index (χ4v) is 1.31. The molecule has 0 aliphatic heterocycles. The number of nitrogens with one attached hydrogen (secondary N) is 2. The third kappa shape index (κ3) is 13.1. The van der Waals surface area contributed by atoms with Gasteiger partial charge in [-0.05, 0) is 45.8 Å². The number of nitrogens with zero attached hydrogens (tertiary/aromatic N) is 2. The maximum atomic E-state index is 11.4. The number of rotatable bonds is 6. The third-order valence-corrected chi connectivity index (χ3v) is 2.20. The molecule has 0 aliphatic carbocycles. The summed E-state index contributed by atoms with van der Waals surface area (Å²) in [5.41, 5.74) is -0.456. The number of carbonyl (C=O) groups is 1. The van der Waals surface area contributed by atoms with E-state index in [0.29, 0.717) is 11.7 Å². The summed E-state index contributed by atoms with van der Waals surface area (Å²) in [4.78, 5) is 17.2. The van der Waals surface area contributed by atoms with E-state index in [2.05, 4.69) is 15.6 Å². The van der Waals surface area contributed by atoms with Crippen LogP contribution in [0.15, 0.2) is 4.99 Å². The van der Waals surface area contributed by atoms with Gasteiger partial charge in [-0.15, -0.1) is 0 Å². The molecule has 0 aromatic rings. The number of alkyl carbamates (subject to hydrolysis) is 1. The molecule has 0 saturated carbocycles. The van der Waals surface area contributed by atoms with Crippen LogP contribution in [0.1, 0.15) is 33.6 Å². The number of aliphatic imine (C=N–C) groups is 1. The van der Waals surface area contributed by atoms with Gasteiger partial charge in [0.05, 0.1) is 6.34 Å². The predicted molar refractivity (Wildman–Crippen MR) is 86.3 cm³/mol. The molecule has 0 aliphatic rings. The molecule has 0 spiro atoms. The molecule has 2 N–H and O–H groups in total. The number of carbonyl (C=O) groups excluding carboxylic acids is 1. The molecule has 6 nitrogen and oxygen atoms in total. The second kappa shape index (κ2) is 9.52. The summed E-state index contributed by atoms with van der Waals surface area (Å²) in [6, 6.07) is 0. The topological polar surface area (TPSA) is 66.0 Å². The summed E-state index contributed by atoms with van der Waals surface area (Å²) in [5, 5.41) is 6.21. The monoisotopic (exact) mass is 302 g/mol. The van der Waals surface area contributed by atoms with E-state index in [4.69, 9.17) is 17.0 Å². The Hall–Kier alpha value is -1.37. The van der Waals surface area contributed by atoms with E-state index < -0.39 is 5.60 Å². The lowest BCUT2D eigenvalue weighted by Crippen LogP contribution is -2.33. The van der Waals surface area contributed by atoms with Crippen molar-refractivity contribution >= 4 is 29.8 Å². The van der Waals surface area contributed by atoms with Crippen LogP contribution in [0.5, 0.6) is 0 Å². The summed E-state index contributed by atoms with van der Waals surface area (Å²) in [6.45, 7) is 6.84. The third-order valence-electron chi connectivity index (χ3n) is 1.95. The number of amides is 1. The van der Waals surface area contributed by atoms with Crippen LogP contribution in [0.25, 0.3) is 0 Å². The number of hydrogen-bond donors (Lipinski definition) is 2. The summed E-state index contributed by atoms with van der Waals surface area (Å²) >= 11 is 5.03. The molecule has 0 saturated heterocycles. The number of ether oxygens (including phenoxy) is 1. The van der Waals surface area contributed by atoms with Crippen LogP contribution in [-0.4, -0.2) is 55.2 Å². The second-order valence-electron chi connectivity index (χ2n) is 5.58. The van der Waals surface area contributed by atoms with Gasteiger partial charge in [0.15, 0.2) is 5.11 Å². The highest BCUT2D eigenvalue weighted by Gasteiger charge is 2.15. The Morgan fingerprint density at radius 2 is 1.80 bits per heavy atom. The summed E-state index contributed by atoms with van der Waals surface area (Å²) in [6.07, 6.45) is 3.02. The fourth-order valence-electron chi connectivity index (χ4n) is 1.16. The van der Waals surface area contributed by atoms with E-state index in [0.717, 1.165) is 19.4 Å². The summed E-state index contributed by atoms with van der Waals surface area (Å²) in [7, 11) is 3.77. The first-order valence-corrected chi connectivity index (χ1v) is 7.07. The van der Waals surface area contributed by atoms with Crippen molar-refractivity contribution in [1.29, 1.82) is 0 Å². The molecule has 0 atom stereocenters. The van der Waals surface area contributed by atoms with Crippen LogP contribution in [0.4, 0.5) is 4.79 Å². The molecule has 0 heterocycles. The fraction of sp³-hybridized carbons (Fsp3) is 0.769. The zero-order chi connectivity index (χ0) is 15.6. The highest BCUT2D eigenvalue weighted by molar-refractivity contribution is 7.80. The van der Waals surface area contributed by atoms with E-state index >= 15 is 0 Å². The maximum absolute atomic E-state index is 11.4. The van der Waals surface area contributed by atoms with Gasteiger partial charge < -0.3 is 20.3 Å². The van der Waals surface area contributed by atoms with E-state index in [1.807, 2.05) is 39.8 Å². The van der Waals surface area contributed by atoms with Crippen LogP contribution in [0.2, 0.25) is 0 Å². The molecule has 0 bridgehead atoms. The molecule has 1 amide bonds. The Balaban J connectivity index is 3.54. The lowest BCUT2D eigenvalue weighted by molar-refractivity contribution is 0.0527. The Morgan fingerprint density at radius 1 is 1.25 bits per heavy atom.